The maximum Gasteiger partial charge on any atom is 0.137 e. The molecule has 1 unspecified atom stereocenters. The molecule has 0 saturated carbocycles. The van der Waals surface area contributed by atoms with Gasteiger partial charge in [-0.1, -0.05) is 6.07 Å². The third-order valence-electron chi connectivity index (χ3n) is 3.19. The minimum atomic E-state index is -0.000417. The summed E-state index contributed by atoms with van der Waals surface area (Å²) in [5, 5.41) is 9.83. The molecule has 1 atom stereocenters. The molecule has 1 aliphatic carbocycles. The summed E-state index contributed by atoms with van der Waals surface area (Å²) in [5.74, 6) is 0.566. The second-order valence-electron chi connectivity index (χ2n) is 4.41. The molecule has 0 aliphatic heterocycles. The first-order valence-electron chi connectivity index (χ1n) is 5.42. The Morgan fingerprint density at radius 3 is 2.87 bits per heavy atom. The number of phenolic OH excluding ortho intramolecular Hbond substituents is 1. The molecule has 2 rings (SSSR count). The monoisotopic (exact) mass is 204 g/mol. The topological polar surface area (TPSA) is 37.3 Å². The van der Waals surface area contributed by atoms with E-state index in [1.54, 1.807) is 13.0 Å². The summed E-state index contributed by atoms with van der Waals surface area (Å²) >= 11 is 0. The molecule has 1 aliphatic rings. The summed E-state index contributed by atoms with van der Waals surface area (Å²) in [6, 6.07) is 3.82. The smallest absolute Gasteiger partial charge is 0.137 e. The molecule has 2 heteroatoms. The third kappa shape index (κ3) is 1.76. The second-order valence-corrected chi connectivity index (χ2v) is 4.41. The van der Waals surface area contributed by atoms with Crippen LogP contribution in [0.2, 0.25) is 0 Å². The molecule has 1 aromatic carbocycles. The van der Waals surface area contributed by atoms with Crippen LogP contribution in [-0.2, 0) is 11.2 Å². The van der Waals surface area contributed by atoms with Crippen molar-refractivity contribution >= 4 is 5.78 Å². The first-order chi connectivity index (χ1) is 7.09. The molecule has 80 valence electrons. The van der Waals surface area contributed by atoms with Crippen molar-refractivity contribution in [3.63, 3.8) is 0 Å². The lowest BCUT2D eigenvalue weighted by molar-refractivity contribution is -0.118. The van der Waals surface area contributed by atoms with Gasteiger partial charge in [0.15, 0.2) is 0 Å². The number of aromatic hydroxyl groups is 1. The van der Waals surface area contributed by atoms with Gasteiger partial charge in [0.2, 0.25) is 0 Å². The van der Waals surface area contributed by atoms with Gasteiger partial charge in [-0.3, -0.25) is 4.79 Å². The van der Waals surface area contributed by atoms with E-state index in [1.807, 2.05) is 13.0 Å². The lowest BCUT2D eigenvalue weighted by Crippen LogP contribution is -2.16. The van der Waals surface area contributed by atoms with Crippen molar-refractivity contribution < 1.29 is 9.90 Å². The van der Waals surface area contributed by atoms with Crippen molar-refractivity contribution in [2.75, 3.05) is 0 Å². The van der Waals surface area contributed by atoms with E-state index in [2.05, 4.69) is 0 Å². The average molecular weight is 204 g/mol. The summed E-state index contributed by atoms with van der Waals surface area (Å²) in [7, 11) is 0. The van der Waals surface area contributed by atoms with E-state index < -0.39 is 0 Å². The van der Waals surface area contributed by atoms with Crippen LogP contribution in [0.15, 0.2) is 12.1 Å². The number of phenols is 1. The van der Waals surface area contributed by atoms with Gasteiger partial charge in [-0.15, -0.1) is 0 Å². The largest absolute Gasteiger partial charge is 0.508 e. The van der Waals surface area contributed by atoms with Gasteiger partial charge in [-0.05, 0) is 55.9 Å². The molecular weight excluding hydrogens is 188 g/mol. The van der Waals surface area contributed by atoms with E-state index >= 15 is 0 Å². The predicted molar refractivity (Wildman–Crippen MR) is 59.2 cm³/mol. The van der Waals surface area contributed by atoms with E-state index in [0.717, 1.165) is 36.0 Å². The van der Waals surface area contributed by atoms with E-state index in [9.17, 15) is 9.90 Å². The van der Waals surface area contributed by atoms with Crippen LogP contribution in [0.25, 0.3) is 0 Å². The van der Waals surface area contributed by atoms with Crippen molar-refractivity contribution in [2.45, 2.75) is 39.0 Å². The van der Waals surface area contributed by atoms with E-state index in [4.69, 9.17) is 0 Å². The lowest BCUT2D eigenvalue weighted by Gasteiger charge is -2.24. The van der Waals surface area contributed by atoms with E-state index in [-0.39, 0.29) is 11.7 Å². The number of hydrogen-bond acceptors (Lipinski definition) is 2. The van der Waals surface area contributed by atoms with Crippen LogP contribution in [-0.4, -0.2) is 10.9 Å². The highest BCUT2D eigenvalue weighted by Gasteiger charge is 2.25. The summed E-state index contributed by atoms with van der Waals surface area (Å²) in [6.07, 6.45) is 2.81. The highest BCUT2D eigenvalue weighted by Crippen LogP contribution is 2.37. The minimum Gasteiger partial charge on any atom is -0.508 e. The standard InChI is InChI=1S/C13H16O2/c1-8-6-12-10(9(2)14)4-3-5-11(12)13(15)7-8/h6-7,10,15H,3-5H2,1-2H3. The van der Waals surface area contributed by atoms with Gasteiger partial charge in [-0.2, -0.15) is 0 Å². The molecule has 0 radical (unpaired) electrons. The zero-order valence-corrected chi connectivity index (χ0v) is 9.21. The molecule has 0 spiro atoms. The van der Waals surface area contributed by atoms with Crippen LogP contribution >= 0.6 is 0 Å². The van der Waals surface area contributed by atoms with Gasteiger partial charge in [0.1, 0.15) is 11.5 Å². The zero-order chi connectivity index (χ0) is 11.0. The third-order valence-corrected chi connectivity index (χ3v) is 3.19. The van der Waals surface area contributed by atoms with Crippen LogP contribution in [0.1, 0.15) is 42.4 Å². The Kier molecular flexibility index (Phi) is 2.51. The summed E-state index contributed by atoms with van der Waals surface area (Å²) < 4.78 is 0. The van der Waals surface area contributed by atoms with Crippen molar-refractivity contribution in [3.05, 3.63) is 28.8 Å². The summed E-state index contributed by atoms with van der Waals surface area (Å²) in [6.45, 7) is 3.59. The molecule has 0 heterocycles. The molecule has 0 amide bonds. The predicted octanol–water partition coefficient (Wildman–Crippen LogP) is 2.71. The normalized spacial score (nSPS) is 19.7. The van der Waals surface area contributed by atoms with Gasteiger partial charge in [0, 0.05) is 5.92 Å². The first-order valence-corrected chi connectivity index (χ1v) is 5.42. The molecule has 2 nitrogen and oxygen atoms in total. The number of benzene rings is 1. The van der Waals surface area contributed by atoms with Gasteiger partial charge in [-0.25, -0.2) is 0 Å². The van der Waals surface area contributed by atoms with Crippen molar-refractivity contribution in [1.29, 1.82) is 0 Å². The van der Waals surface area contributed by atoms with E-state index in [0.29, 0.717) is 5.75 Å². The summed E-state index contributed by atoms with van der Waals surface area (Å²) in [4.78, 5) is 11.5. The maximum absolute atomic E-state index is 11.5. The number of hydrogen-bond donors (Lipinski definition) is 1. The van der Waals surface area contributed by atoms with Gasteiger partial charge >= 0.3 is 0 Å². The van der Waals surface area contributed by atoms with Crippen molar-refractivity contribution in [2.24, 2.45) is 0 Å². The minimum absolute atomic E-state index is 0.000417. The molecule has 1 N–H and O–H groups in total. The fourth-order valence-corrected chi connectivity index (χ4v) is 2.47. The molecule has 0 fully saturated rings. The molecule has 0 aromatic heterocycles. The zero-order valence-electron chi connectivity index (χ0n) is 9.21. The Morgan fingerprint density at radius 2 is 2.20 bits per heavy atom. The number of carbonyl (C=O) groups is 1. The Labute approximate surface area is 89.9 Å². The number of rotatable bonds is 1. The number of ketones is 1. The van der Waals surface area contributed by atoms with Crippen LogP contribution in [0.4, 0.5) is 0 Å². The van der Waals surface area contributed by atoms with Gasteiger partial charge < -0.3 is 5.11 Å². The van der Waals surface area contributed by atoms with Gasteiger partial charge in [0.25, 0.3) is 0 Å². The molecular formula is C13H16O2. The lowest BCUT2D eigenvalue weighted by atomic mass is 9.80. The Bertz CT molecular complexity index is 407. The molecule has 1 aromatic rings. The van der Waals surface area contributed by atoms with Crippen molar-refractivity contribution in [3.8, 4) is 5.75 Å². The fourth-order valence-electron chi connectivity index (χ4n) is 2.47. The van der Waals surface area contributed by atoms with Crippen LogP contribution in [0.3, 0.4) is 0 Å². The van der Waals surface area contributed by atoms with Crippen LogP contribution in [0.5, 0.6) is 5.75 Å². The number of Topliss-reactive ketones (excluding diaryl/α,β-unsaturated/α-hetero) is 1. The Morgan fingerprint density at radius 1 is 1.47 bits per heavy atom. The quantitative estimate of drug-likeness (QED) is 0.763. The SMILES string of the molecule is CC(=O)C1CCCc2c(O)cc(C)cc21. The Hall–Kier alpha value is -1.31. The molecule has 15 heavy (non-hydrogen) atoms. The number of carbonyl (C=O) groups excluding carboxylic acids is 1. The highest BCUT2D eigenvalue weighted by atomic mass is 16.3. The summed E-state index contributed by atoms with van der Waals surface area (Å²) in [5.41, 5.74) is 3.05. The van der Waals surface area contributed by atoms with Crippen LogP contribution in [0, 0.1) is 6.92 Å². The van der Waals surface area contributed by atoms with Gasteiger partial charge in [0.05, 0.1) is 0 Å². The molecule has 0 saturated heterocycles. The average Bonchev–Trinajstić information content (AvgIpc) is 2.16. The van der Waals surface area contributed by atoms with Crippen molar-refractivity contribution in [1.82, 2.24) is 0 Å². The number of aryl methyl sites for hydroxylation is 1. The number of fused-ring (bicyclic) bond motifs is 1. The Balaban J connectivity index is 2.55. The second kappa shape index (κ2) is 3.69. The maximum atomic E-state index is 11.5. The van der Waals surface area contributed by atoms with Crippen LogP contribution < -0.4 is 0 Å². The molecule has 0 bridgehead atoms. The van der Waals surface area contributed by atoms with E-state index in [1.165, 1.54) is 0 Å². The first kappa shape index (κ1) is 10.2. The highest BCUT2D eigenvalue weighted by molar-refractivity contribution is 5.84. The fraction of sp³-hybridized carbons (Fsp3) is 0.462.